The highest BCUT2D eigenvalue weighted by Crippen LogP contribution is 2.36. The SMILES string of the molecule is CNc1cc2c(cn1)c(-c1cnn(C)c1)nn2C1CCC(Oc2cncc(F)c2)CC1. The van der Waals surface area contributed by atoms with Crippen molar-refractivity contribution in [2.45, 2.75) is 37.8 Å². The van der Waals surface area contributed by atoms with Crippen molar-refractivity contribution < 1.29 is 9.13 Å². The molecule has 0 amide bonds. The summed E-state index contributed by atoms with van der Waals surface area (Å²) in [5, 5.41) is 13.4. The largest absolute Gasteiger partial charge is 0.489 e. The molecule has 9 heteroatoms. The molecule has 8 nitrogen and oxygen atoms in total. The number of anilines is 1. The van der Waals surface area contributed by atoms with Crippen LogP contribution < -0.4 is 10.1 Å². The van der Waals surface area contributed by atoms with E-state index in [2.05, 4.69) is 25.1 Å². The Balaban J connectivity index is 1.41. The minimum Gasteiger partial charge on any atom is -0.489 e. The summed E-state index contributed by atoms with van der Waals surface area (Å²) in [7, 11) is 3.76. The Hall–Kier alpha value is -3.49. The van der Waals surface area contributed by atoms with Crippen LogP contribution in [0.1, 0.15) is 31.7 Å². The van der Waals surface area contributed by atoms with E-state index >= 15 is 0 Å². The third kappa shape index (κ3) is 3.83. The third-order valence-electron chi connectivity index (χ3n) is 5.80. The number of nitrogens with zero attached hydrogens (tertiary/aromatic N) is 6. The second-order valence-corrected chi connectivity index (χ2v) is 7.92. The van der Waals surface area contributed by atoms with Crippen LogP contribution in [0.5, 0.6) is 5.75 Å². The second kappa shape index (κ2) is 7.98. The normalized spacial score (nSPS) is 18.9. The minimum absolute atomic E-state index is 0.0500. The topological polar surface area (TPSA) is 82.7 Å². The molecule has 0 atom stereocenters. The van der Waals surface area contributed by atoms with Crippen LogP contribution in [-0.2, 0) is 7.05 Å². The number of fused-ring (bicyclic) bond motifs is 1. The lowest BCUT2D eigenvalue weighted by atomic mass is 9.93. The highest BCUT2D eigenvalue weighted by atomic mass is 19.1. The third-order valence-corrected chi connectivity index (χ3v) is 5.80. The van der Waals surface area contributed by atoms with Crippen LogP contribution in [0.25, 0.3) is 22.2 Å². The standard InChI is InChI=1S/C22H24FN7O/c1-24-21-8-20-19(12-26-21)22(14-9-27-29(2)13-14)28-30(20)16-3-5-17(6-4-16)31-18-7-15(23)10-25-11-18/h7-13,16-17H,3-6H2,1-2H3,(H,24,26). The summed E-state index contributed by atoms with van der Waals surface area (Å²) in [5.74, 6) is 0.907. The maximum Gasteiger partial charge on any atom is 0.145 e. The monoisotopic (exact) mass is 421 g/mol. The molecule has 0 unspecified atom stereocenters. The first-order valence-corrected chi connectivity index (χ1v) is 10.4. The van der Waals surface area contributed by atoms with E-state index in [0.717, 1.165) is 53.7 Å². The van der Waals surface area contributed by atoms with Crippen molar-refractivity contribution >= 4 is 16.7 Å². The summed E-state index contributed by atoms with van der Waals surface area (Å²) in [4.78, 5) is 8.36. The number of aromatic nitrogens is 6. The van der Waals surface area contributed by atoms with E-state index in [0.29, 0.717) is 5.75 Å². The molecule has 5 rings (SSSR count). The quantitative estimate of drug-likeness (QED) is 0.525. The van der Waals surface area contributed by atoms with Gasteiger partial charge in [0.2, 0.25) is 0 Å². The summed E-state index contributed by atoms with van der Waals surface area (Å²) in [6, 6.07) is 3.68. The highest BCUT2D eigenvalue weighted by Gasteiger charge is 2.27. The molecule has 4 aromatic heterocycles. The summed E-state index contributed by atoms with van der Waals surface area (Å²) in [5.41, 5.74) is 2.92. The molecule has 0 bridgehead atoms. The maximum atomic E-state index is 13.4. The number of hydrogen-bond acceptors (Lipinski definition) is 6. The summed E-state index contributed by atoms with van der Waals surface area (Å²) in [6.07, 6.45) is 12.0. The van der Waals surface area contributed by atoms with E-state index in [9.17, 15) is 4.39 Å². The molecule has 0 aliphatic heterocycles. The number of aryl methyl sites for hydroxylation is 1. The van der Waals surface area contributed by atoms with Crippen LogP contribution in [0.15, 0.2) is 43.1 Å². The lowest BCUT2D eigenvalue weighted by Gasteiger charge is -2.29. The van der Waals surface area contributed by atoms with Crippen molar-refractivity contribution in [1.82, 2.24) is 29.5 Å². The number of hydrogen-bond donors (Lipinski definition) is 1. The highest BCUT2D eigenvalue weighted by molar-refractivity contribution is 5.93. The molecule has 4 heterocycles. The van der Waals surface area contributed by atoms with Crippen molar-refractivity contribution in [3.63, 3.8) is 0 Å². The fourth-order valence-corrected chi connectivity index (χ4v) is 4.26. The molecule has 0 spiro atoms. The van der Waals surface area contributed by atoms with E-state index in [-0.39, 0.29) is 18.0 Å². The fourth-order valence-electron chi connectivity index (χ4n) is 4.26. The first-order valence-electron chi connectivity index (χ1n) is 10.4. The fraction of sp³-hybridized carbons (Fsp3) is 0.364. The Kier molecular flexibility index (Phi) is 5.01. The Morgan fingerprint density at radius 3 is 2.65 bits per heavy atom. The van der Waals surface area contributed by atoms with Crippen LogP contribution in [0.2, 0.25) is 0 Å². The van der Waals surface area contributed by atoms with Crippen LogP contribution >= 0.6 is 0 Å². The molecule has 1 saturated carbocycles. The Morgan fingerprint density at radius 2 is 1.94 bits per heavy atom. The van der Waals surface area contributed by atoms with Crippen molar-refractivity contribution in [3.05, 3.63) is 48.9 Å². The average molecular weight is 421 g/mol. The second-order valence-electron chi connectivity index (χ2n) is 7.92. The Bertz CT molecular complexity index is 1210. The number of pyridine rings is 2. The number of halogens is 1. The number of rotatable bonds is 5. The predicted octanol–water partition coefficient (Wildman–Crippen LogP) is 3.97. The molecule has 1 aliphatic rings. The minimum atomic E-state index is -0.383. The Labute approximate surface area is 179 Å². The molecule has 1 fully saturated rings. The van der Waals surface area contributed by atoms with E-state index in [1.807, 2.05) is 38.8 Å². The zero-order chi connectivity index (χ0) is 21.4. The van der Waals surface area contributed by atoms with Gasteiger partial charge in [-0.25, -0.2) is 9.37 Å². The van der Waals surface area contributed by atoms with Gasteiger partial charge in [-0.3, -0.25) is 14.3 Å². The van der Waals surface area contributed by atoms with Gasteiger partial charge in [0.15, 0.2) is 0 Å². The van der Waals surface area contributed by atoms with Gasteiger partial charge in [-0.05, 0) is 25.7 Å². The van der Waals surface area contributed by atoms with Crippen molar-refractivity contribution in [1.29, 1.82) is 0 Å². The molecule has 4 aromatic rings. The van der Waals surface area contributed by atoms with Crippen molar-refractivity contribution in [3.8, 4) is 17.0 Å². The van der Waals surface area contributed by atoms with E-state index in [1.54, 1.807) is 10.9 Å². The van der Waals surface area contributed by atoms with Gasteiger partial charge in [0.1, 0.15) is 23.1 Å². The van der Waals surface area contributed by atoms with E-state index < -0.39 is 0 Å². The predicted molar refractivity (Wildman–Crippen MR) is 115 cm³/mol. The first-order chi connectivity index (χ1) is 15.1. The molecular weight excluding hydrogens is 397 g/mol. The van der Waals surface area contributed by atoms with Crippen LogP contribution in [-0.4, -0.2) is 42.7 Å². The van der Waals surface area contributed by atoms with Crippen LogP contribution in [0.4, 0.5) is 10.2 Å². The molecule has 0 radical (unpaired) electrons. The van der Waals surface area contributed by atoms with Gasteiger partial charge < -0.3 is 10.1 Å². The molecule has 0 saturated heterocycles. The van der Waals surface area contributed by atoms with Gasteiger partial charge >= 0.3 is 0 Å². The lowest BCUT2D eigenvalue weighted by Crippen LogP contribution is -2.26. The molecule has 160 valence electrons. The smallest absolute Gasteiger partial charge is 0.145 e. The first kappa shape index (κ1) is 19.5. The van der Waals surface area contributed by atoms with Crippen LogP contribution in [0, 0.1) is 5.82 Å². The maximum absolute atomic E-state index is 13.4. The van der Waals surface area contributed by atoms with E-state index in [1.165, 1.54) is 12.3 Å². The summed E-state index contributed by atoms with van der Waals surface area (Å²) in [6.45, 7) is 0. The number of nitrogens with one attached hydrogen (secondary N) is 1. The summed E-state index contributed by atoms with van der Waals surface area (Å²) < 4.78 is 23.2. The molecule has 31 heavy (non-hydrogen) atoms. The van der Waals surface area contributed by atoms with Crippen LogP contribution in [0.3, 0.4) is 0 Å². The zero-order valence-electron chi connectivity index (χ0n) is 17.5. The lowest BCUT2D eigenvalue weighted by molar-refractivity contribution is 0.130. The average Bonchev–Trinajstić information content (AvgIpc) is 3.37. The molecular formula is C22H24FN7O. The molecule has 0 aromatic carbocycles. The van der Waals surface area contributed by atoms with Gasteiger partial charge in [0.25, 0.3) is 0 Å². The molecule has 1 aliphatic carbocycles. The number of ether oxygens (including phenoxy) is 1. The van der Waals surface area contributed by atoms with Crippen molar-refractivity contribution in [2.24, 2.45) is 7.05 Å². The van der Waals surface area contributed by atoms with Gasteiger partial charge in [-0.2, -0.15) is 10.2 Å². The summed E-state index contributed by atoms with van der Waals surface area (Å²) >= 11 is 0. The van der Waals surface area contributed by atoms with Gasteiger partial charge in [-0.1, -0.05) is 0 Å². The Morgan fingerprint density at radius 1 is 1.10 bits per heavy atom. The zero-order valence-corrected chi connectivity index (χ0v) is 17.5. The van der Waals surface area contributed by atoms with Crippen molar-refractivity contribution in [2.75, 3.05) is 12.4 Å². The molecule has 1 N–H and O–H groups in total. The van der Waals surface area contributed by atoms with Gasteiger partial charge in [-0.15, -0.1) is 0 Å². The van der Waals surface area contributed by atoms with Gasteiger partial charge in [0, 0.05) is 49.6 Å². The van der Waals surface area contributed by atoms with Gasteiger partial charge in [0.05, 0.1) is 36.3 Å². The van der Waals surface area contributed by atoms with E-state index in [4.69, 9.17) is 9.84 Å².